The number of ether oxygens (including phenoxy) is 2. The van der Waals surface area contributed by atoms with E-state index >= 15 is 0 Å². The summed E-state index contributed by atoms with van der Waals surface area (Å²) in [7, 11) is 0. The van der Waals surface area contributed by atoms with Crippen LogP contribution in [0.1, 0.15) is 21.6 Å². The van der Waals surface area contributed by atoms with E-state index in [1.54, 1.807) is 42.6 Å². The van der Waals surface area contributed by atoms with Crippen molar-refractivity contribution in [3.05, 3.63) is 77.6 Å². The molecule has 2 heterocycles. The van der Waals surface area contributed by atoms with Gasteiger partial charge in [0.2, 0.25) is 5.91 Å². The number of anilines is 2. The van der Waals surface area contributed by atoms with Gasteiger partial charge in [-0.3, -0.25) is 14.6 Å². The maximum Gasteiger partial charge on any atom is 0.586 e. The van der Waals surface area contributed by atoms with E-state index in [0.717, 1.165) is 5.56 Å². The molecular weight excluding hydrogens is 490 g/mol. The SMILES string of the molecule is O=C(Cc1cc(CNc2ccccc2C(=O)Nc2ccc3c(c2)OC(F)(F)O3)ccn1)NCC(O)CO. The van der Waals surface area contributed by atoms with Crippen molar-refractivity contribution < 1.29 is 38.1 Å². The molecule has 1 unspecified atom stereocenters. The summed E-state index contributed by atoms with van der Waals surface area (Å²) in [6.45, 7) is -0.188. The summed E-state index contributed by atoms with van der Waals surface area (Å²) in [5.41, 5.74) is 2.42. The van der Waals surface area contributed by atoms with E-state index < -0.39 is 24.9 Å². The first-order valence-corrected chi connectivity index (χ1v) is 11.3. The minimum Gasteiger partial charge on any atom is -0.395 e. The molecule has 5 N–H and O–H groups in total. The predicted octanol–water partition coefficient (Wildman–Crippen LogP) is 2.28. The van der Waals surface area contributed by atoms with Crippen LogP contribution in [0, 0.1) is 0 Å². The van der Waals surface area contributed by atoms with E-state index in [1.165, 1.54) is 18.2 Å². The molecule has 12 heteroatoms. The highest BCUT2D eigenvalue weighted by Gasteiger charge is 2.43. The number of rotatable bonds is 10. The lowest BCUT2D eigenvalue weighted by atomic mass is 10.1. The molecule has 3 aromatic rings. The molecule has 0 fully saturated rings. The third-order valence-corrected chi connectivity index (χ3v) is 5.28. The smallest absolute Gasteiger partial charge is 0.395 e. The largest absolute Gasteiger partial charge is 0.586 e. The summed E-state index contributed by atoms with van der Waals surface area (Å²) >= 11 is 0. The summed E-state index contributed by atoms with van der Waals surface area (Å²) in [6, 6.07) is 14.2. The summed E-state index contributed by atoms with van der Waals surface area (Å²) in [5.74, 6) is -1.12. The molecule has 0 spiro atoms. The molecule has 0 aliphatic carbocycles. The number of carbonyl (C=O) groups excluding carboxylic acids is 2. The van der Waals surface area contributed by atoms with E-state index in [4.69, 9.17) is 5.11 Å². The molecule has 37 heavy (non-hydrogen) atoms. The van der Waals surface area contributed by atoms with Crippen molar-refractivity contribution in [1.29, 1.82) is 0 Å². The highest BCUT2D eigenvalue weighted by atomic mass is 19.3. The Kier molecular flexibility index (Phi) is 7.80. The Balaban J connectivity index is 1.38. The van der Waals surface area contributed by atoms with Gasteiger partial charge in [0.25, 0.3) is 5.91 Å². The van der Waals surface area contributed by atoms with Crippen LogP contribution in [-0.2, 0) is 17.8 Å². The van der Waals surface area contributed by atoms with Crippen LogP contribution in [0.15, 0.2) is 60.8 Å². The van der Waals surface area contributed by atoms with E-state index in [-0.39, 0.29) is 36.1 Å². The summed E-state index contributed by atoms with van der Waals surface area (Å²) in [4.78, 5) is 29.1. The van der Waals surface area contributed by atoms with Crippen molar-refractivity contribution in [1.82, 2.24) is 10.3 Å². The van der Waals surface area contributed by atoms with Gasteiger partial charge in [-0.05, 0) is 42.0 Å². The highest BCUT2D eigenvalue weighted by Crippen LogP contribution is 2.42. The number of aliphatic hydroxyl groups is 2. The Hall–Kier alpha value is -4.29. The first kappa shape index (κ1) is 25.8. The average Bonchev–Trinajstić information content (AvgIpc) is 3.19. The van der Waals surface area contributed by atoms with Gasteiger partial charge in [0.05, 0.1) is 24.7 Å². The van der Waals surface area contributed by atoms with Gasteiger partial charge >= 0.3 is 6.29 Å². The van der Waals surface area contributed by atoms with Crippen molar-refractivity contribution in [2.45, 2.75) is 25.4 Å². The number of aliphatic hydroxyl groups excluding tert-OH is 2. The third kappa shape index (κ3) is 6.90. The number of benzene rings is 2. The van der Waals surface area contributed by atoms with Crippen LogP contribution in [0.2, 0.25) is 0 Å². The van der Waals surface area contributed by atoms with Crippen LogP contribution in [0.5, 0.6) is 11.5 Å². The van der Waals surface area contributed by atoms with Gasteiger partial charge in [-0.15, -0.1) is 8.78 Å². The van der Waals surface area contributed by atoms with Crippen molar-refractivity contribution in [3.8, 4) is 11.5 Å². The standard InChI is InChI=1S/C25H24F2N4O6/c26-25(27)36-21-6-5-16(10-22(21)37-25)31-24(35)19-3-1-2-4-20(19)29-12-15-7-8-28-17(9-15)11-23(34)30-13-18(33)14-32/h1-10,18,29,32-33H,11-14H2,(H,30,34)(H,31,35). The fourth-order valence-corrected chi connectivity index (χ4v) is 3.52. The number of hydrogen-bond donors (Lipinski definition) is 5. The van der Waals surface area contributed by atoms with Gasteiger partial charge < -0.3 is 35.6 Å². The number of pyridine rings is 1. The third-order valence-electron chi connectivity index (χ3n) is 5.28. The molecule has 1 atom stereocenters. The van der Waals surface area contributed by atoms with Crippen LogP contribution >= 0.6 is 0 Å². The number of alkyl halides is 2. The quantitative estimate of drug-likeness (QED) is 0.278. The predicted molar refractivity (Wildman–Crippen MR) is 128 cm³/mol. The molecule has 2 aromatic carbocycles. The summed E-state index contributed by atoms with van der Waals surface area (Å²) < 4.78 is 35.3. The number of carbonyl (C=O) groups is 2. The van der Waals surface area contributed by atoms with Crippen molar-refractivity contribution in [2.75, 3.05) is 23.8 Å². The maximum atomic E-state index is 13.3. The molecule has 0 saturated carbocycles. The van der Waals surface area contributed by atoms with Gasteiger partial charge in [0.1, 0.15) is 0 Å². The number of amides is 2. The van der Waals surface area contributed by atoms with E-state index in [0.29, 0.717) is 23.5 Å². The topological polar surface area (TPSA) is 142 Å². The lowest BCUT2D eigenvalue weighted by Crippen LogP contribution is -2.34. The van der Waals surface area contributed by atoms with Gasteiger partial charge in [0.15, 0.2) is 11.5 Å². The fourth-order valence-electron chi connectivity index (χ4n) is 3.52. The molecule has 10 nitrogen and oxygen atoms in total. The van der Waals surface area contributed by atoms with E-state index in [9.17, 15) is 23.5 Å². The second kappa shape index (κ2) is 11.2. The van der Waals surface area contributed by atoms with Gasteiger partial charge in [-0.25, -0.2) is 0 Å². The molecule has 0 radical (unpaired) electrons. The Labute approximate surface area is 210 Å². The normalized spacial score (nSPS) is 14.1. The number of hydrogen-bond acceptors (Lipinski definition) is 8. The molecule has 194 valence electrons. The molecule has 4 rings (SSSR count). The molecule has 1 aliphatic heterocycles. The zero-order valence-corrected chi connectivity index (χ0v) is 19.4. The molecule has 1 aromatic heterocycles. The fraction of sp³-hybridized carbons (Fsp3) is 0.240. The minimum atomic E-state index is -3.75. The first-order chi connectivity index (χ1) is 17.7. The van der Waals surface area contributed by atoms with Gasteiger partial charge in [0, 0.05) is 42.4 Å². The Morgan fingerprint density at radius 2 is 1.84 bits per heavy atom. The molecular formula is C25H24F2N4O6. The summed E-state index contributed by atoms with van der Waals surface area (Å²) in [6.07, 6.45) is -3.23. The van der Waals surface area contributed by atoms with Gasteiger partial charge in [-0.1, -0.05) is 12.1 Å². The number of para-hydroxylation sites is 1. The second-order valence-corrected chi connectivity index (χ2v) is 8.15. The number of fused-ring (bicyclic) bond motifs is 1. The van der Waals surface area contributed by atoms with Crippen LogP contribution in [0.4, 0.5) is 20.2 Å². The Morgan fingerprint density at radius 1 is 1.05 bits per heavy atom. The van der Waals surface area contributed by atoms with Gasteiger partial charge in [-0.2, -0.15) is 0 Å². The highest BCUT2D eigenvalue weighted by molar-refractivity contribution is 6.08. The first-order valence-electron chi connectivity index (χ1n) is 11.3. The van der Waals surface area contributed by atoms with Crippen LogP contribution in [0.3, 0.4) is 0 Å². The molecule has 1 aliphatic rings. The van der Waals surface area contributed by atoms with Crippen LogP contribution < -0.4 is 25.4 Å². The zero-order valence-electron chi connectivity index (χ0n) is 19.4. The monoisotopic (exact) mass is 514 g/mol. The van der Waals surface area contributed by atoms with E-state index in [1.807, 2.05) is 0 Å². The van der Waals surface area contributed by atoms with E-state index in [2.05, 4.69) is 30.4 Å². The molecule has 0 saturated heterocycles. The zero-order chi connectivity index (χ0) is 26.4. The average molecular weight is 514 g/mol. The number of nitrogens with one attached hydrogen (secondary N) is 3. The lowest BCUT2D eigenvalue weighted by Gasteiger charge is -2.13. The lowest BCUT2D eigenvalue weighted by molar-refractivity contribution is -0.286. The van der Waals surface area contributed by atoms with Crippen molar-refractivity contribution in [3.63, 3.8) is 0 Å². The Bertz CT molecular complexity index is 1290. The van der Waals surface area contributed by atoms with Crippen molar-refractivity contribution >= 4 is 23.2 Å². The Morgan fingerprint density at radius 3 is 2.65 bits per heavy atom. The second-order valence-electron chi connectivity index (χ2n) is 8.15. The van der Waals surface area contributed by atoms with Crippen LogP contribution in [0.25, 0.3) is 0 Å². The van der Waals surface area contributed by atoms with Crippen LogP contribution in [-0.4, -0.2) is 52.6 Å². The minimum absolute atomic E-state index is 0.00749. The number of aromatic nitrogens is 1. The number of halogens is 2. The molecule has 2 amide bonds. The van der Waals surface area contributed by atoms with Crippen molar-refractivity contribution in [2.24, 2.45) is 0 Å². The molecule has 0 bridgehead atoms. The number of nitrogens with zero attached hydrogens (tertiary/aromatic N) is 1. The maximum absolute atomic E-state index is 13.3. The summed E-state index contributed by atoms with van der Waals surface area (Å²) in [5, 5.41) is 26.5.